The summed E-state index contributed by atoms with van der Waals surface area (Å²) in [6.07, 6.45) is 6.32. The lowest BCUT2D eigenvalue weighted by atomic mass is 9.93. The molecule has 0 spiro atoms. The molecule has 0 fully saturated rings. The van der Waals surface area contributed by atoms with E-state index in [2.05, 4.69) is 6.08 Å². The van der Waals surface area contributed by atoms with Crippen molar-refractivity contribution in [3.8, 4) is 11.5 Å². The number of aromatic nitrogens is 1. The Balaban J connectivity index is 1.84. The fraction of sp³-hybridized carbons (Fsp3) is 0.200. The molecule has 132 valence electrons. The molecule has 0 aliphatic heterocycles. The lowest BCUT2D eigenvalue weighted by Gasteiger charge is -2.18. The van der Waals surface area contributed by atoms with Crippen LogP contribution in [-0.4, -0.2) is 22.6 Å². The van der Waals surface area contributed by atoms with E-state index in [1.165, 1.54) is 10.2 Å². The highest BCUT2D eigenvalue weighted by atomic mass is 32.2. The molecular formula is C20H17NO4S. The van der Waals surface area contributed by atoms with Gasteiger partial charge < -0.3 is 10.2 Å². The lowest BCUT2D eigenvalue weighted by molar-refractivity contribution is 0.403. The van der Waals surface area contributed by atoms with E-state index < -0.39 is 10.0 Å². The van der Waals surface area contributed by atoms with Gasteiger partial charge in [0.05, 0.1) is 10.4 Å². The molecule has 2 aliphatic rings. The average Bonchev–Trinajstić information content (AvgIpc) is 3.33. The highest BCUT2D eigenvalue weighted by molar-refractivity contribution is 7.90. The zero-order valence-corrected chi connectivity index (χ0v) is 14.9. The molecule has 0 amide bonds. The molecule has 5 nitrogen and oxygen atoms in total. The number of aromatic hydroxyl groups is 2. The van der Waals surface area contributed by atoms with Crippen molar-refractivity contribution in [2.24, 2.45) is 0 Å². The van der Waals surface area contributed by atoms with Crippen LogP contribution in [0.2, 0.25) is 0 Å². The van der Waals surface area contributed by atoms with Crippen LogP contribution in [0.25, 0.3) is 10.9 Å². The van der Waals surface area contributed by atoms with Crippen molar-refractivity contribution >= 4 is 20.9 Å². The van der Waals surface area contributed by atoms with Crippen LogP contribution in [0, 0.1) is 6.92 Å². The highest BCUT2D eigenvalue weighted by Gasteiger charge is 2.40. The number of rotatable bonds is 2. The number of benzene rings is 2. The van der Waals surface area contributed by atoms with E-state index in [0.29, 0.717) is 16.5 Å². The summed E-state index contributed by atoms with van der Waals surface area (Å²) in [5, 5.41) is 21.3. The summed E-state index contributed by atoms with van der Waals surface area (Å²) in [5.41, 5.74) is 2.91. The standard InChI is InChI=1S/C20H17NO4S/c1-11-2-6-14(7-3-11)26(24,25)21-9-8-15-18(21)16-12-4-5-13(10-12)17(16)20(23)19(15)22/h2-9,12-13,22-23H,10H2,1H3. The second-order valence-corrected chi connectivity index (χ2v) is 8.87. The summed E-state index contributed by atoms with van der Waals surface area (Å²) < 4.78 is 27.7. The molecule has 1 aromatic heterocycles. The van der Waals surface area contributed by atoms with Gasteiger partial charge in [-0.2, -0.15) is 0 Å². The van der Waals surface area contributed by atoms with Crippen LogP contribution in [0.5, 0.6) is 11.5 Å². The van der Waals surface area contributed by atoms with Gasteiger partial charge in [-0.25, -0.2) is 12.4 Å². The molecule has 2 N–H and O–H groups in total. The first kappa shape index (κ1) is 15.5. The second-order valence-electron chi connectivity index (χ2n) is 7.05. The average molecular weight is 367 g/mol. The molecule has 2 aliphatic carbocycles. The van der Waals surface area contributed by atoms with E-state index in [-0.39, 0.29) is 28.2 Å². The molecule has 0 saturated heterocycles. The van der Waals surface area contributed by atoms with E-state index in [1.807, 2.05) is 13.0 Å². The number of aryl methyl sites for hydroxylation is 1. The Hall–Kier alpha value is -2.73. The first-order valence-corrected chi connectivity index (χ1v) is 9.93. The van der Waals surface area contributed by atoms with Gasteiger partial charge in [-0.1, -0.05) is 29.8 Å². The lowest BCUT2D eigenvalue weighted by Crippen LogP contribution is -2.13. The van der Waals surface area contributed by atoms with Gasteiger partial charge in [0.2, 0.25) is 0 Å². The maximum absolute atomic E-state index is 13.2. The minimum atomic E-state index is -3.81. The van der Waals surface area contributed by atoms with E-state index in [9.17, 15) is 18.6 Å². The third kappa shape index (κ3) is 1.82. The molecule has 0 saturated carbocycles. The Kier molecular flexibility index (Phi) is 2.93. The summed E-state index contributed by atoms with van der Waals surface area (Å²) >= 11 is 0. The Bertz CT molecular complexity index is 1200. The second kappa shape index (κ2) is 4.92. The zero-order chi connectivity index (χ0) is 18.2. The van der Waals surface area contributed by atoms with Gasteiger partial charge in [-0.3, -0.25) is 0 Å². The van der Waals surface area contributed by atoms with Gasteiger partial charge in [0.1, 0.15) is 0 Å². The highest BCUT2D eigenvalue weighted by Crippen LogP contribution is 2.57. The first-order valence-electron chi connectivity index (χ1n) is 8.49. The van der Waals surface area contributed by atoms with Crippen LogP contribution in [-0.2, 0) is 10.0 Å². The summed E-state index contributed by atoms with van der Waals surface area (Å²) in [4.78, 5) is 0.195. The number of fused-ring (bicyclic) bond motifs is 7. The maximum atomic E-state index is 13.2. The Morgan fingerprint density at radius 2 is 1.62 bits per heavy atom. The van der Waals surface area contributed by atoms with E-state index in [4.69, 9.17) is 0 Å². The van der Waals surface area contributed by atoms with Crippen LogP contribution in [0.4, 0.5) is 0 Å². The van der Waals surface area contributed by atoms with E-state index in [1.54, 1.807) is 30.3 Å². The molecule has 1 heterocycles. The monoisotopic (exact) mass is 367 g/mol. The van der Waals surface area contributed by atoms with Crippen LogP contribution < -0.4 is 0 Å². The van der Waals surface area contributed by atoms with Crippen molar-refractivity contribution in [3.05, 3.63) is 65.4 Å². The van der Waals surface area contributed by atoms with Crippen LogP contribution in [0.15, 0.2) is 53.6 Å². The van der Waals surface area contributed by atoms with Gasteiger partial charge in [-0.05, 0) is 37.1 Å². The fourth-order valence-electron chi connectivity index (χ4n) is 4.28. The van der Waals surface area contributed by atoms with Crippen LogP contribution >= 0.6 is 0 Å². The summed E-state index contributed by atoms with van der Waals surface area (Å²) in [6, 6.07) is 8.24. The molecule has 2 aromatic carbocycles. The minimum Gasteiger partial charge on any atom is -0.504 e. The number of hydrogen-bond acceptors (Lipinski definition) is 4. The molecule has 2 bridgehead atoms. The molecule has 6 heteroatoms. The number of allylic oxidation sites excluding steroid dienone is 2. The third-order valence-electron chi connectivity index (χ3n) is 5.53. The number of phenolic OH excluding ortho intramolecular Hbond substituents is 2. The number of phenols is 2. The van der Waals surface area contributed by atoms with Gasteiger partial charge in [-0.15, -0.1) is 0 Å². The zero-order valence-electron chi connectivity index (χ0n) is 14.0. The Morgan fingerprint density at radius 3 is 2.31 bits per heavy atom. The Labute approximate surface area is 150 Å². The van der Waals surface area contributed by atoms with E-state index >= 15 is 0 Å². The maximum Gasteiger partial charge on any atom is 0.268 e. The van der Waals surface area contributed by atoms with Crippen LogP contribution in [0.1, 0.15) is 34.9 Å². The smallest absolute Gasteiger partial charge is 0.268 e. The topological polar surface area (TPSA) is 79.5 Å². The minimum absolute atomic E-state index is 0.0238. The van der Waals surface area contributed by atoms with Crippen LogP contribution in [0.3, 0.4) is 0 Å². The van der Waals surface area contributed by atoms with Crippen molar-refractivity contribution in [1.82, 2.24) is 3.97 Å². The largest absolute Gasteiger partial charge is 0.504 e. The van der Waals surface area contributed by atoms with Gasteiger partial charge in [0.25, 0.3) is 10.0 Å². The van der Waals surface area contributed by atoms with Crippen molar-refractivity contribution in [2.75, 3.05) is 0 Å². The predicted molar refractivity (Wildman–Crippen MR) is 98.3 cm³/mol. The van der Waals surface area contributed by atoms with Crippen molar-refractivity contribution in [1.29, 1.82) is 0 Å². The third-order valence-corrected chi connectivity index (χ3v) is 7.22. The van der Waals surface area contributed by atoms with Crippen molar-refractivity contribution in [3.63, 3.8) is 0 Å². The van der Waals surface area contributed by atoms with Gasteiger partial charge >= 0.3 is 0 Å². The molecule has 26 heavy (non-hydrogen) atoms. The molecular weight excluding hydrogens is 350 g/mol. The van der Waals surface area contributed by atoms with Crippen molar-refractivity contribution < 1.29 is 18.6 Å². The normalized spacial score (nSPS) is 20.8. The molecule has 3 aromatic rings. The van der Waals surface area contributed by atoms with Crippen molar-refractivity contribution in [2.45, 2.75) is 30.1 Å². The molecule has 2 unspecified atom stereocenters. The molecule has 0 radical (unpaired) electrons. The molecule has 2 atom stereocenters. The summed E-state index contributed by atoms with van der Waals surface area (Å²) in [5.74, 6) is -0.297. The fourth-order valence-corrected chi connectivity index (χ4v) is 5.65. The van der Waals surface area contributed by atoms with E-state index in [0.717, 1.165) is 17.5 Å². The summed E-state index contributed by atoms with van der Waals surface area (Å²) in [7, 11) is -3.81. The number of hydrogen-bond donors (Lipinski definition) is 2. The van der Waals surface area contributed by atoms with Gasteiger partial charge in [0, 0.05) is 29.0 Å². The van der Waals surface area contributed by atoms with Gasteiger partial charge in [0.15, 0.2) is 11.5 Å². The quantitative estimate of drug-likeness (QED) is 0.534. The molecule has 5 rings (SSSR count). The predicted octanol–water partition coefficient (Wildman–Crippen LogP) is 3.74. The number of nitrogens with zero attached hydrogens (tertiary/aromatic N) is 1. The Morgan fingerprint density at radius 1 is 0.962 bits per heavy atom. The first-order chi connectivity index (χ1) is 12.4. The summed E-state index contributed by atoms with van der Waals surface area (Å²) in [6.45, 7) is 1.90. The SMILES string of the molecule is Cc1ccc(S(=O)(=O)n2ccc3c(O)c(O)c4c(c32)C2C=CC4C2)cc1.